The summed E-state index contributed by atoms with van der Waals surface area (Å²) in [6.07, 6.45) is 11.3. The van der Waals surface area contributed by atoms with Gasteiger partial charge >= 0.3 is 0 Å². The summed E-state index contributed by atoms with van der Waals surface area (Å²) < 4.78 is 5.68. The normalized spacial score (nSPS) is 38.3. The molecule has 30 heavy (non-hydrogen) atoms. The van der Waals surface area contributed by atoms with Gasteiger partial charge in [-0.3, -0.25) is 0 Å². The molecule has 0 aromatic carbocycles. The average Bonchev–Trinajstić information content (AvgIpc) is 3.04. The summed E-state index contributed by atoms with van der Waals surface area (Å²) in [5.41, 5.74) is 4.81. The summed E-state index contributed by atoms with van der Waals surface area (Å²) in [5, 5.41) is 31.5. The van der Waals surface area contributed by atoms with Gasteiger partial charge < -0.3 is 20.1 Å². The number of hydrogen-bond donors (Lipinski definition) is 3. The molecule has 2 fully saturated rings. The van der Waals surface area contributed by atoms with Crippen LogP contribution in [0, 0.1) is 17.3 Å². The highest BCUT2D eigenvalue weighted by molar-refractivity contribution is 5.40. The van der Waals surface area contributed by atoms with Crippen molar-refractivity contribution in [3.63, 3.8) is 0 Å². The van der Waals surface area contributed by atoms with Gasteiger partial charge in [-0.05, 0) is 60.5 Å². The zero-order valence-electron chi connectivity index (χ0n) is 19.2. The number of fused-ring (bicyclic) bond motifs is 1. The van der Waals surface area contributed by atoms with Gasteiger partial charge in [-0.2, -0.15) is 0 Å². The van der Waals surface area contributed by atoms with Gasteiger partial charge in [0, 0.05) is 12.8 Å². The Hall–Kier alpha value is -1.20. The van der Waals surface area contributed by atoms with E-state index in [-0.39, 0.29) is 30.8 Å². The smallest absolute Gasteiger partial charge is 0.172 e. The number of rotatable bonds is 6. The summed E-state index contributed by atoms with van der Waals surface area (Å²) in [7, 11) is 0. The van der Waals surface area contributed by atoms with E-state index in [2.05, 4.69) is 32.6 Å². The van der Waals surface area contributed by atoms with Crippen molar-refractivity contribution < 1.29 is 20.1 Å². The Balaban J connectivity index is 1.77. The van der Waals surface area contributed by atoms with Crippen LogP contribution in [0.25, 0.3) is 0 Å². The summed E-state index contributed by atoms with van der Waals surface area (Å²) in [5.74, 6) is -0.881. The number of aliphatic hydroxyl groups excluding tert-OH is 2. The van der Waals surface area contributed by atoms with E-state index in [1.165, 1.54) is 18.4 Å². The van der Waals surface area contributed by atoms with E-state index in [1.807, 2.05) is 19.9 Å². The topological polar surface area (TPSA) is 69.9 Å². The van der Waals surface area contributed by atoms with E-state index >= 15 is 0 Å². The maximum absolute atomic E-state index is 11.0. The lowest BCUT2D eigenvalue weighted by Crippen LogP contribution is -2.44. The van der Waals surface area contributed by atoms with Gasteiger partial charge in [-0.25, -0.2) is 0 Å². The van der Waals surface area contributed by atoms with Crippen LogP contribution in [-0.4, -0.2) is 39.9 Å². The van der Waals surface area contributed by atoms with Crippen molar-refractivity contribution >= 4 is 0 Å². The Morgan fingerprint density at radius 1 is 1.33 bits per heavy atom. The van der Waals surface area contributed by atoms with Gasteiger partial charge in [0.25, 0.3) is 0 Å². The molecule has 0 saturated heterocycles. The fraction of sp³-hybridized carbons (Fsp3) is 0.692. The first-order valence-electron chi connectivity index (χ1n) is 11.6. The van der Waals surface area contributed by atoms with Crippen LogP contribution in [-0.2, 0) is 4.74 Å². The summed E-state index contributed by atoms with van der Waals surface area (Å²) in [4.78, 5) is 0. The molecule has 0 spiro atoms. The molecule has 0 aliphatic heterocycles. The van der Waals surface area contributed by atoms with E-state index in [0.717, 1.165) is 24.8 Å². The molecule has 4 nitrogen and oxygen atoms in total. The number of ether oxygens (including phenoxy) is 1. The molecular formula is C26H40O4. The van der Waals surface area contributed by atoms with Gasteiger partial charge in [0.2, 0.25) is 0 Å². The zero-order chi connectivity index (χ0) is 22.1. The van der Waals surface area contributed by atoms with Crippen LogP contribution in [0.15, 0.2) is 47.1 Å². The minimum atomic E-state index is -1.48. The molecular weight excluding hydrogens is 376 g/mol. The molecule has 0 bridgehead atoms. The molecule has 0 amide bonds. The minimum absolute atomic E-state index is 0.0467. The lowest BCUT2D eigenvalue weighted by Gasteiger charge is -2.41. The monoisotopic (exact) mass is 416 g/mol. The van der Waals surface area contributed by atoms with Gasteiger partial charge in [-0.15, -0.1) is 0 Å². The number of hydrogen-bond acceptors (Lipinski definition) is 4. The molecule has 4 heteroatoms. The van der Waals surface area contributed by atoms with Gasteiger partial charge in [0.1, 0.15) is 0 Å². The van der Waals surface area contributed by atoms with Crippen molar-refractivity contribution in [2.24, 2.45) is 17.3 Å². The summed E-state index contributed by atoms with van der Waals surface area (Å²) in [6.45, 7) is 12.6. The SMILES string of the molecule is C=C1C(=CC=C2CCC[C@]3(C)C(CC)=CC[C@@H]23)C[C@](O)(OC[C@@H](O)C(C)C)C[C@@H]1O. The Morgan fingerprint density at radius 3 is 2.73 bits per heavy atom. The third-order valence-corrected chi connectivity index (χ3v) is 7.68. The quantitative estimate of drug-likeness (QED) is 0.429. The number of allylic oxidation sites excluding steroid dienone is 5. The fourth-order valence-corrected chi connectivity index (χ4v) is 5.49. The molecule has 2 saturated carbocycles. The minimum Gasteiger partial charge on any atom is -0.390 e. The predicted molar refractivity (Wildman–Crippen MR) is 121 cm³/mol. The van der Waals surface area contributed by atoms with Crippen molar-refractivity contribution in [2.45, 2.75) is 90.6 Å². The lowest BCUT2D eigenvalue weighted by atomic mass is 9.64. The van der Waals surface area contributed by atoms with E-state index in [4.69, 9.17) is 4.74 Å². The second-order valence-electron chi connectivity index (χ2n) is 10.1. The zero-order valence-corrected chi connectivity index (χ0v) is 19.2. The largest absolute Gasteiger partial charge is 0.390 e. The standard InChI is InChI=1S/C26H40O4/c1-6-21-11-12-22-19(8-7-13-25(21,22)5)9-10-20-14-26(29,15-23(27)18(20)4)30-16-24(28)17(2)3/h9-11,17,22-24,27-29H,4,6-8,12-16H2,1-3,5H3/t22-,23-,24+,25+,26-/m0/s1. The molecule has 3 rings (SSSR count). The maximum Gasteiger partial charge on any atom is 0.172 e. The van der Waals surface area contributed by atoms with Gasteiger partial charge in [0.05, 0.1) is 18.8 Å². The molecule has 0 unspecified atom stereocenters. The van der Waals surface area contributed by atoms with Gasteiger partial charge in [0.15, 0.2) is 5.79 Å². The second kappa shape index (κ2) is 9.12. The van der Waals surface area contributed by atoms with E-state index in [1.54, 1.807) is 5.57 Å². The van der Waals surface area contributed by atoms with Crippen molar-refractivity contribution in [2.75, 3.05) is 6.61 Å². The summed E-state index contributed by atoms with van der Waals surface area (Å²) in [6, 6.07) is 0. The van der Waals surface area contributed by atoms with E-state index in [0.29, 0.717) is 11.5 Å². The fourth-order valence-electron chi connectivity index (χ4n) is 5.49. The van der Waals surface area contributed by atoms with Crippen LogP contribution in [0.3, 0.4) is 0 Å². The third kappa shape index (κ3) is 4.67. The van der Waals surface area contributed by atoms with Crippen molar-refractivity contribution in [3.8, 4) is 0 Å². The van der Waals surface area contributed by atoms with Gasteiger partial charge in [-0.1, -0.05) is 63.6 Å². The highest BCUT2D eigenvalue weighted by Gasteiger charge is 2.44. The van der Waals surface area contributed by atoms with Crippen molar-refractivity contribution in [1.29, 1.82) is 0 Å². The molecule has 5 atom stereocenters. The Labute approximate surface area is 182 Å². The number of aliphatic hydroxyl groups is 3. The van der Waals surface area contributed by atoms with E-state index in [9.17, 15) is 15.3 Å². The first-order valence-corrected chi connectivity index (χ1v) is 11.6. The first kappa shape index (κ1) is 23.5. The highest BCUT2D eigenvalue weighted by atomic mass is 16.6. The molecule has 0 aromatic heterocycles. The third-order valence-electron chi connectivity index (χ3n) is 7.68. The highest BCUT2D eigenvalue weighted by Crippen LogP contribution is 2.55. The molecule has 0 heterocycles. The Bertz CT molecular complexity index is 746. The van der Waals surface area contributed by atoms with Crippen LogP contribution in [0.1, 0.15) is 72.6 Å². The average molecular weight is 417 g/mol. The van der Waals surface area contributed by atoms with Crippen LogP contribution in [0.5, 0.6) is 0 Å². The Kier molecular flexibility index (Phi) is 7.13. The van der Waals surface area contributed by atoms with Crippen LogP contribution in [0.4, 0.5) is 0 Å². The van der Waals surface area contributed by atoms with Crippen molar-refractivity contribution in [1.82, 2.24) is 0 Å². The van der Waals surface area contributed by atoms with Crippen LogP contribution in [0.2, 0.25) is 0 Å². The molecule has 3 aliphatic rings. The maximum atomic E-state index is 11.0. The molecule has 3 aliphatic carbocycles. The predicted octanol–water partition coefficient (Wildman–Crippen LogP) is 4.82. The first-order chi connectivity index (χ1) is 14.1. The molecule has 0 radical (unpaired) electrons. The van der Waals surface area contributed by atoms with Crippen LogP contribution < -0.4 is 0 Å². The molecule has 0 aromatic rings. The Morgan fingerprint density at radius 2 is 2.07 bits per heavy atom. The second-order valence-corrected chi connectivity index (χ2v) is 10.1. The van der Waals surface area contributed by atoms with E-state index < -0.39 is 18.0 Å². The molecule has 3 N–H and O–H groups in total. The molecule has 168 valence electrons. The lowest BCUT2D eigenvalue weighted by molar-refractivity contribution is -0.233. The van der Waals surface area contributed by atoms with Crippen molar-refractivity contribution in [3.05, 3.63) is 47.1 Å². The summed E-state index contributed by atoms with van der Waals surface area (Å²) >= 11 is 0. The van der Waals surface area contributed by atoms with Crippen LogP contribution >= 0.6 is 0 Å².